The van der Waals surface area contributed by atoms with Crippen molar-refractivity contribution in [2.45, 2.75) is 32.4 Å². The number of likely N-dealkylation sites (tertiary alicyclic amines) is 1. The standard InChI is InChI=1S/C17H23N5O3/c1-12-9-15(21(2)20-12)19-16(23)11-22-7-3-6-14(22)17(24)18-10-13-5-4-8-25-13/h4-5,8-9,14H,3,6-7,10-11H2,1-2H3,(H,18,24)(H,19,23)/t14-/m1/s1. The molecular weight excluding hydrogens is 322 g/mol. The molecule has 25 heavy (non-hydrogen) atoms. The number of nitrogens with one attached hydrogen (secondary N) is 2. The van der Waals surface area contributed by atoms with Crippen molar-refractivity contribution in [1.82, 2.24) is 20.0 Å². The summed E-state index contributed by atoms with van der Waals surface area (Å²) in [6.45, 7) is 3.14. The summed E-state index contributed by atoms with van der Waals surface area (Å²) >= 11 is 0. The minimum Gasteiger partial charge on any atom is -0.467 e. The first kappa shape index (κ1) is 17.2. The number of aryl methyl sites for hydroxylation is 2. The van der Waals surface area contributed by atoms with Crippen LogP contribution in [0, 0.1) is 6.92 Å². The smallest absolute Gasteiger partial charge is 0.239 e. The van der Waals surface area contributed by atoms with E-state index in [-0.39, 0.29) is 24.4 Å². The Labute approximate surface area is 146 Å². The number of nitrogens with zero attached hydrogens (tertiary/aromatic N) is 3. The predicted octanol–water partition coefficient (Wildman–Crippen LogP) is 1.04. The van der Waals surface area contributed by atoms with Crippen LogP contribution in [0.2, 0.25) is 0 Å². The first-order chi connectivity index (χ1) is 12.0. The molecule has 0 radical (unpaired) electrons. The van der Waals surface area contributed by atoms with Crippen LogP contribution in [0.15, 0.2) is 28.9 Å². The molecule has 0 bridgehead atoms. The number of anilines is 1. The average molecular weight is 345 g/mol. The summed E-state index contributed by atoms with van der Waals surface area (Å²) in [6.07, 6.45) is 3.23. The average Bonchev–Trinajstić information content (AvgIpc) is 3.28. The van der Waals surface area contributed by atoms with Crippen LogP contribution in [0.5, 0.6) is 0 Å². The molecule has 0 spiro atoms. The Kier molecular flexibility index (Phi) is 5.18. The molecule has 1 fully saturated rings. The maximum Gasteiger partial charge on any atom is 0.239 e. The van der Waals surface area contributed by atoms with Gasteiger partial charge in [-0.05, 0) is 38.4 Å². The van der Waals surface area contributed by atoms with Crippen molar-refractivity contribution in [2.75, 3.05) is 18.4 Å². The van der Waals surface area contributed by atoms with Crippen LogP contribution in [0.4, 0.5) is 5.82 Å². The molecule has 134 valence electrons. The first-order valence-corrected chi connectivity index (χ1v) is 8.37. The van der Waals surface area contributed by atoms with Gasteiger partial charge in [0.15, 0.2) is 0 Å². The molecule has 1 aliphatic heterocycles. The van der Waals surface area contributed by atoms with Crippen molar-refractivity contribution in [3.05, 3.63) is 35.9 Å². The Hall–Kier alpha value is -2.61. The molecule has 0 aliphatic carbocycles. The molecular formula is C17H23N5O3. The highest BCUT2D eigenvalue weighted by atomic mass is 16.3. The zero-order valence-electron chi connectivity index (χ0n) is 14.5. The topological polar surface area (TPSA) is 92.4 Å². The molecule has 8 heteroatoms. The molecule has 2 amide bonds. The highest BCUT2D eigenvalue weighted by molar-refractivity contribution is 5.92. The molecule has 8 nitrogen and oxygen atoms in total. The van der Waals surface area contributed by atoms with Crippen molar-refractivity contribution >= 4 is 17.6 Å². The van der Waals surface area contributed by atoms with E-state index in [0.717, 1.165) is 25.1 Å². The predicted molar refractivity (Wildman–Crippen MR) is 91.7 cm³/mol. The third-order valence-corrected chi connectivity index (χ3v) is 4.30. The van der Waals surface area contributed by atoms with Gasteiger partial charge in [-0.1, -0.05) is 0 Å². The summed E-state index contributed by atoms with van der Waals surface area (Å²) in [5, 5.41) is 9.92. The molecule has 2 N–H and O–H groups in total. The Bertz CT molecular complexity index is 738. The van der Waals surface area contributed by atoms with Crippen molar-refractivity contribution in [3.63, 3.8) is 0 Å². The fraction of sp³-hybridized carbons (Fsp3) is 0.471. The molecule has 3 rings (SSSR count). The van der Waals surface area contributed by atoms with Gasteiger partial charge in [-0.25, -0.2) is 0 Å². The van der Waals surface area contributed by atoms with E-state index in [1.807, 2.05) is 24.0 Å². The van der Waals surface area contributed by atoms with Gasteiger partial charge in [0.2, 0.25) is 11.8 Å². The van der Waals surface area contributed by atoms with Crippen molar-refractivity contribution in [1.29, 1.82) is 0 Å². The van der Waals surface area contributed by atoms with Gasteiger partial charge in [0.1, 0.15) is 11.6 Å². The summed E-state index contributed by atoms with van der Waals surface area (Å²) in [5.74, 6) is 1.15. The molecule has 0 unspecified atom stereocenters. The second-order valence-electron chi connectivity index (χ2n) is 6.27. The summed E-state index contributed by atoms with van der Waals surface area (Å²) < 4.78 is 6.85. The normalized spacial score (nSPS) is 17.6. The van der Waals surface area contributed by atoms with Gasteiger partial charge in [-0.2, -0.15) is 5.10 Å². The molecule has 1 atom stereocenters. The van der Waals surface area contributed by atoms with E-state index in [0.29, 0.717) is 18.1 Å². The lowest BCUT2D eigenvalue weighted by Crippen LogP contribution is -2.45. The Morgan fingerprint density at radius 3 is 2.96 bits per heavy atom. The zero-order chi connectivity index (χ0) is 17.8. The highest BCUT2D eigenvalue weighted by Crippen LogP contribution is 2.18. The number of aromatic nitrogens is 2. The molecule has 2 aromatic rings. The lowest BCUT2D eigenvalue weighted by molar-refractivity contribution is -0.126. The van der Waals surface area contributed by atoms with Crippen molar-refractivity contribution in [2.24, 2.45) is 7.05 Å². The third kappa shape index (κ3) is 4.27. The van der Waals surface area contributed by atoms with Gasteiger partial charge in [0.25, 0.3) is 0 Å². The number of hydrogen-bond donors (Lipinski definition) is 2. The largest absolute Gasteiger partial charge is 0.467 e. The molecule has 0 aromatic carbocycles. The third-order valence-electron chi connectivity index (χ3n) is 4.30. The van der Waals surface area contributed by atoms with E-state index < -0.39 is 0 Å². The lowest BCUT2D eigenvalue weighted by atomic mass is 10.2. The summed E-state index contributed by atoms with van der Waals surface area (Å²) in [6, 6.07) is 5.13. The Morgan fingerprint density at radius 1 is 1.44 bits per heavy atom. The maximum absolute atomic E-state index is 12.4. The van der Waals surface area contributed by atoms with Crippen molar-refractivity contribution < 1.29 is 14.0 Å². The van der Waals surface area contributed by atoms with E-state index >= 15 is 0 Å². The first-order valence-electron chi connectivity index (χ1n) is 8.37. The van der Waals surface area contributed by atoms with Crippen LogP contribution in [0.25, 0.3) is 0 Å². The highest BCUT2D eigenvalue weighted by Gasteiger charge is 2.31. The molecule has 3 heterocycles. The van der Waals surface area contributed by atoms with Crippen molar-refractivity contribution in [3.8, 4) is 0 Å². The van der Waals surface area contributed by atoms with Crippen LogP contribution >= 0.6 is 0 Å². The molecule has 1 aliphatic rings. The number of carbonyl (C=O) groups is 2. The molecule has 1 saturated heterocycles. The number of furan rings is 1. The molecule has 2 aromatic heterocycles. The minimum atomic E-state index is -0.283. The van der Waals surface area contributed by atoms with Crippen LogP contribution < -0.4 is 10.6 Å². The van der Waals surface area contributed by atoms with Gasteiger partial charge in [-0.15, -0.1) is 0 Å². The van der Waals surface area contributed by atoms with Crippen LogP contribution in [-0.4, -0.2) is 45.6 Å². The van der Waals surface area contributed by atoms with Crippen LogP contribution in [-0.2, 0) is 23.2 Å². The number of rotatable bonds is 6. The summed E-state index contributed by atoms with van der Waals surface area (Å²) in [5.41, 5.74) is 0.842. The van der Waals surface area contributed by atoms with E-state index in [4.69, 9.17) is 4.42 Å². The summed E-state index contributed by atoms with van der Waals surface area (Å²) in [4.78, 5) is 26.6. The van der Waals surface area contributed by atoms with E-state index in [1.165, 1.54) is 0 Å². The fourth-order valence-electron chi connectivity index (χ4n) is 3.11. The Balaban J connectivity index is 1.53. The molecule has 0 saturated carbocycles. The zero-order valence-corrected chi connectivity index (χ0v) is 14.5. The maximum atomic E-state index is 12.4. The monoisotopic (exact) mass is 345 g/mol. The summed E-state index contributed by atoms with van der Waals surface area (Å²) in [7, 11) is 1.78. The number of hydrogen-bond acceptors (Lipinski definition) is 5. The fourth-order valence-corrected chi connectivity index (χ4v) is 3.11. The van der Waals surface area contributed by atoms with E-state index in [1.54, 1.807) is 24.1 Å². The van der Waals surface area contributed by atoms with Gasteiger partial charge in [-0.3, -0.25) is 19.2 Å². The van der Waals surface area contributed by atoms with E-state index in [9.17, 15) is 9.59 Å². The number of carbonyl (C=O) groups excluding carboxylic acids is 2. The van der Waals surface area contributed by atoms with Gasteiger partial charge < -0.3 is 15.1 Å². The second kappa shape index (κ2) is 7.52. The quantitative estimate of drug-likeness (QED) is 0.816. The van der Waals surface area contributed by atoms with Gasteiger partial charge in [0, 0.05) is 13.1 Å². The van der Waals surface area contributed by atoms with E-state index in [2.05, 4.69) is 15.7 Å². The SMILES string of the molecule is Cc1cc(NC(=O)CN2CCC[C@@H]2C(=O)NCc2ccco2)n(C)n1. The van der Waals surface area contributed by atoms with Crippen LogP contribution in [0.3, 0.4) is 0 Å². The Morgan fingerprint density at radius 2 is 2.28 bits per heavy atom. The minimum absolute atomic E-state index is 0.0712. The van der Waals surface area contributed by atoms with Crippen LogP contribution in [0.1, 0.15) is 24.3 Å². The second-order valence-corrected chi connectivity index (χ2v) is 6.27. The van der Waals surface area contributed by atoms with Gasteiger partial charge >= 0.3 is 0 Å². The number of amides is 2. The lowest BCUT2D eigenvalue weighted by Gasteiger charge is -2.22. The van der Waals surface area contributed by atoms with Gasteiger partial charge in [0.05, 0.1) is 31.1 Å².